The van der Waals surface area contributed by atoms with Crippen LogP contribution in [0.1, 0.15) is 43.1 Å². The van der Waals surface area contributed by atoms with E-state index in [1.54, 1.807) is 12.4 Å². The molecule has 0 radical (unpaired) electrons. The first-order valence-electron chi connectivity index (χ1n) is 10.3. The molecular weight excluding hydrogens is 420 g/mol. The number of halogens is 1. The fraction of sp³-hybridized carbons (Fsp3) is 0.409. The molecule has 1 saturated heterocycles. The van der Waals surface area contributed by atoms with Gasteiger partial charge in [-0.3, -0.25) is 9.78 Å². The molecule has 0 atom stereocenters. The third-order valence-corrected chi connectivity index (χ3v) is 8.37. The van der Waals surface area contributed by atoms with Crippen molar-refractivity contribution in [3.8, 4) is 0 Å². The van der Waals surface area contributed by atoms with Crippen LogP contribution in [0.4, 0.5) is 5.69 Å². The van der Waals surface area contributed by atoms with Crippen LogP contribution < -0.4 is 4.90 Å². The average molecular weight is 441 g/mol. The zero-order valence-electron chi connectivity index (χ0n) is 16.4. The second-order valence-electron chi connectivity index (χ2n) is 8.48. The minimum Gasteiger partial charge on any atom is -0.616 e. The standard InChI is InChI=1S/C22H21ClN4O2S/c23-14-1-2-18-17(11-14)25-20(27(18)15-4-9-30(29)10-5-15)13-26-19-12-24-8-3-16(19)22(6-7-22)21(26)28/h1-3,8,11-12,15H,4-7,9-10,13H2. The van der Waals surface area contributed by atoms with E-state index >= 15 is 0 Å². The van der Waals surface area contributed by atoms with Crippen LogP contribution in [0.3, 0.4) is 0 Å². The van der Waals surface area contributed by atoms with Crippen molar-refractivity contribution in [3.63, 3.8) is 0 Å². The Morgan fingerprint density at radius 1 is 1.23 bits per heavy atom. The van der Waals surface area contributed by atoms with Crippen LogP contribution in [0, 0.1) is 0 Å². The predicted molar refractivity (Wildman–Crippen MR) is 117 cm³/mol. The van der Waals surface area contributed by atoms with Gasteiger partial charge in [-0.05, 0) is 42.7 Å². The van der Waals surface area contributed by atoms with Gasteiger partial charge in [0.05, 0.1) is 34.9 Å². The summed E-state index contributed by atoms with van der Waals surface area (Å²) in [5.41, 5.74) is 3.51. The van der Waals surface area contributed by atoms with Crippen molar-refractivity contribution >= 4 is 45.4 Å². The molecule has 1 amide bonds. The van der Waals surface area contributed by atoms with E-state index < -0.39 is 11.2 Å². The number of amides is 1. The van der Waals surface area contributed by atoms with Crippen molar-refractivity contribution in [2.24, 2.45) is 0 Å². The quantitative estimate of drug-likeness (QED) is 0.581. The van der Waals surface area contributed by atoms with Crippen LogP contribution in [-0.2, 0) is 27.9 Å². The molecule has 2 aliphatic heterocycles. The zero-order chi connectivity index (χ0) is 20.5. The average Bonchev–Trinajstić information content (AvgIpc) is 3.44. The summed E-state index contributed by atoms with van der Waals surface area (Å²) in [5.74, 6) is 2.42. The van der Waals surface area contributed by atoms with Crippen molar-refractivity contribution in [3.05, 3.63) is 53.1 Å². The van der Waals surface area contributed by atoms with E-state index in [1.807, 2.05) is 29.2 Å². The Labute approximate surface area is 182 Å². The minimum absolute atomic E-state index is 0.159. The molecule has 1 aliphatic carbocycles. The molecule has 6 rings (SSSR count). The summed E-state index contributed by atoms with van der Waals surface area (Å²) in [6.45, 7) is 0.408. The molecule has 8 heteroatoms. The minimum atomic E-state index is -0.736. The van der Waals surface area contributed by atoms with Gasteiger partial charge in [0.1, 0.15) is 17.3 Å². The van der Waals surface area contributed by atoms with Gasteiger partial charge in [0.15, 0.2) is 0 Å². The van der Waals surface area contributed by atoms with Crippen molar-refractivity contribution in [2.45, 2.75) is 43.7 Å². The molecule has 6 nitrogen and oxygen atoms in total. The summed E-state index contributed by atoms with van der Waals surface area (Å²) in [6, 6.07) is 7.97. The highest BCUT2D eigenvalue weighted by atomic mass is 35.5. The van der Waals surface area contributed by atoms with Crippen LogP contribution in [0.5, 0.6) is 0 Å². The number of carbonyl (C=O) groups excluding carboxylic acids is 1. The molecule has 30 heavy (non-hydrogen) atoms. The van der Waals surface area contributed by atoms with Crippen LogP contribution in [-0.4, -0.2) is 36.5 Å². The number of imidazole rings is 1. The third-order valence-electron chi connectivity index (χ3n) is 6.76. The molecule has 3 aromatic rings. The van der Waals surface area contributed by atoms with Gasteiger partial charge in [-0.2, -0.15) is 0 Å². The van der Waals surface area contributed by atoms with Crippen molar-refractivity contribution in [1.29, 1.82) is 0 Å². The second kappa shape index (κ2) is 6.70. The Morgan fingerprint density at radius 2 is 2.03 bits per heavy atom. The number of pyridine rings is 1. The van der Waals surface area contributed by atoms with E-state index in [0.29, 0.717) is 23.1 Å². The molecule has 0 unspecified atom stereocenters. The molecule has 1 aromatic carbocycles. The molecule has 3 aliphatic rings. The maximum atomic E-state index is 13.4. The number of rotatable bonds is 3. The Kier molecular flexibility index (Phi) is 4.17. The highest BCUT2D eigenvalue weighted by Gasteiger charge is 2.59. The number of hydrogen-bond acceptors (Lipinski definition) is 4. The lowest BCUT2D eigenvalue weighted by Gasteiger charge is -2.28. The Balaban J connectivity index is 1.44. The SMILES string of the molecule is O=C1N(Cc2nc3cc(Cl)ccc3n2C2CC[S+]([O-])CC2)c2cnccc2C12CC2. The van der Waals surface area contributed by atoms with Gasteiger partial charge >= 0.3 is 0 Å². The van der Waals surface area contributed by atoms with E-state index in [2.05, 4.69) is 9.55 Å². The topological polar surface area (TPSA) is 74.1 Å². The van der Waals surface area contributed by atoms with Gasteiger partial charge in [-0.1, -0.05) is 22.8 Å². The molecular formula is C22H21ClN4O2S. The highest BCUT2D eigenvalue weighted by molar-refractivity contribution is 7.91. The van der Waals surface area contributed by atoms with Crippen molar-refractivity contribution < 1.29 is 9.35 Å². The van der Waals surface area contributed by atoms with Gasteiger partial charge in [0.25, 0.3) is 0 Å². The Morgan fingerprint density at radius 3 is 2.80 bits per heavy atom. The highest BCUT2D eigenvalue weighted by Crippen LogP contribution is 2.57. The van der Waals surface area contributed by atoms with Crippen LogP contribution in [0.2, 0.25) is 5.02 Å². The van der Waals surface area contributed by atoms with E-state index in [-0.39, 0.29) is 17.4 Å². The van der Waals surface area contributed by atoms with Crippen LogP contribution >= 0.6 is 11.6 Å². The molecule has 1 saturated carbocycles. The maximum absolute atomic E-state index is 13.4. The van der Waals surface area contributed by atoms with Crippen LogP contribution in [0.25, 0.3) is 11.0 Å². The largest absolute Gasteiger partial charge is 0.616 e. The molecule has 2 aromatic heterocycles. The third kappa shape index (κ3) is 2.72. The van der Waals surface area contributed by atoms with Gasteiger partial charge in [0.2, 0.25) is 5.91 Å². The maximum Gasteiger partial charge on any atom is 0.238 e. The molecule has 0 N–H and O–H groups in total. The summed E-state index contributed by atoms with van der Waals surface area (Å²) in [7, 11) is 0. The van der Waals surface area contributed by atoms with E-state index in [9.17, 15) is 9.35 Å². The monoisotopic (exact) mass is 440 g/mol. The number of carbonyl (C=O) groups is 1. The first-order valence-corrected chi connectivity index (χ1v) is 12.2. The summed E-state index contributed by atoms with van der Waals surface area (Å²) >= 11 is 5.49. The van der Waals surface area contributed by atoms with Crippen LogP contribution in [0.15, 0.2) is 36.7 Å². The van der Waals surface area contributed by atoms with Crippen molar-refractivity contribution in [2.75, 3.05) is 16.4 Å². The predicted octanol–water partition coefficient (Wildman–Crippen LogP) is 3.75. The van der Waals surface area contributed by atoms with Crippen molar-refractivity contribution in [1.82, 2.24) is 14.5 Å². The molecule has 0 bridgehead atoms. The fourth-order valence-electron chi connectivity index (χ4n) is 5.08. The van der Waals surface area contributed by atoms with E-state index in [0.717, 1.165) is 53.8 Å². The van der Waals surface area contributed by atoms with Gasteiger partial charge in [0, 0.05) is 30.1 Å². The first kappa shape index (κ1) is 18.7. The first-order chi connectivity index (χ1) is 14.6. The van der Waals surface area contributed by atoms with E-state index in [1.165, 1.54) is 0 Å². The summed E-state index contributed by atoms with van der Waals surface area (Å²) in [6.07, 6.45) is 7.08. The van der Waals surface area contributed by atoms with Gasteiger partial charge < -0.3 is 14.0 Å². The summed E-state index contributed by atoms with van der Waals surface area (Å²) in [5, 5.41) is 0.646. The smallest absolute Gasteiger partial charge is 0.238 e. The zero-order valence-corrected chi connectivity index (χ0v) is 18.0. The molecule has 1 spiro atoms. The normalized spacial score (nSPS) is 24.6. The number of hydrogen-bond donors (Lipinski definition) is 0. The number of anilines is 1. The lowest BCUT2D eigenvalue weighted by molar-refractivity contribution is -0.120. The second-order valence-corrected chi connectivity index (χ2v) is 10.6. The summed E-state index contributed by atoms with van der Waals surface area (Å²) in [4.78, 5) is 24.4. The number of fused-ring (bicyclic) bond motifs is 3. The van der Waals surface area contributed by atoms with Gasteiger partial charge in [-0.15, -0.1) is 0 Å². The lowest BCUT2D eigenvalue weighted by atomic mass is 9.99. The van der Waals surface area contributed by atoms with E-state index in [4.69, 9.17) is 16.6 Å². The molecule has 154 valence electrons. The van der Waals surface area contributed by atoms with Gasteiger partial charge in [-0.25, -0.2) is 4.98 Å². The number of benzene rings is 1. The molecule has 2 fully saturated rings. The molecule has 4 heterocycles. The number of nitrogens with zero attached hydrogens (tertiary/aromatic N) is 4. The lowest BCUT2D eigenvalue weighted by Crippen LogP contribution is -2.33. The Hall–Kier alpha value is -2.09. The summed E-state index contributed by atoms with van der Waals surface area (Å²) < 4.78 is 14.2. The number of aromatic nitrogens is 3. The Bertz CT molecular complexity index is 1170. The fourth-order valence-corrected chi connectivity index (χ4v) is 6.52.